The number of aromatic nitrogens is 3. The third-order valence-electron chi connectivity index (χ3n) is 5.21. The molecule has 28 heavy (non-hydrogen) atoms. The van der Waals surface area contributed by atoms with E-state index in [1.807, 2.05) is 7.05 Å². The van der Waals surface area contributed by atoms with Crippen LogP contribution in [0.15, 0.2) is 35.6 Å². The highest BCUT2D eigenvalue weighted by Gasteiger charge is 2.15. The van der Waals surface area contributed by atoms with Gasteiger partial charge in [0.1, 0.15) is 12.2 Å². The van der Waals surface area contributed by atoms with Gasteiger partial charge in [-0.15, -0.1) is 24.0 Å². The lowest BCUT2D eigenvalue weighted by Gasteiger charge is -2.30. The predicted octanol–water partition coefficient (Wildman–Crippen LogP) is 2.53. The van der Waals surface area contributed by atoms with Crippen LogP contribution in [-0.2, 0) is 26.7 Å². The molecule has 0 saturated carbocycles. The van der Waals surface area contributed by atoms with Crippen molar-refractivity contribution in [1.82, 2.24) is 30.3 Å². The van der Waals surface area contributed by atoms with Gasteiger partial charge < -0.3 is 10.6 Å². The fourth-order valence-corrected chi connectivity index (χ4v) is 3.29. The van der Waals surface area contributed by atoms with Crippen LogP contribution in [0.5, 0.6) is 0 Å². The number of nitrogens with one attached hydrogen (secondary N) is 2. The van der Waals surface area contributed by atoms with Crippen molar-refractivity contribution in [1.29, 1.82) is 0 Å². The maximum atomic E-state index is 4.26. The zero-order valence-electron chi connectivity index (χ0n) is 17.1. The molecule has 0 atom stereocenters. The van der Waals surface area contributed by atoms with Crippen molar-refractivity contribution in [2.24, 2.45) is 18.0 Å². The molecule has 0 bridgehead atoms. The lowest BCUT2D eigenvalue weighted by atomic mass is 9.99. The third-order valence-corrected chi connectivity index (χ3v) is 5.21. The zero-order valence-corrected chi connectivity index (χ0v) is 19.4. The lowest BCUT2D eigenvalue weighted by Crippen LogP contribution is -2.37. The Kier molecular flexibility index (Phi) is 9.17. The molecule has 2 aromatic rings. The highest BCUT2D eigenvalue weighted by atomic mass is 127. The maximum absolute atomic E-state index is 4.26. The van der Waals surface area contributed by atoms with Crippen LogP contribution in [0.4, 0.5) is 0 Å². The number of piperidine rings is 1. The topological polar surface area (TPSA) is 70.4 Å². The zero-order chi connectivity index (χ0) is 19.1. The van der Waals surface area contributed by atoms with Gasteiger partial charge in [0.2, 0.25) is 0 Å². The second kappa shape index (κ2) is 11.4. The average Bonchev–Trinajstić information content (AvgIpc) is 3.10. The molecule has 7 nitrogen and oxygen atoms in total. The Labute approximate surface area is 185 Å². The number of likely N-dealkylation sites (tertiary alicyclic amines) is 1. The summed E-state index contributed by atoms with van der Waals surface area (Å²) in [5.41, 5.74) is 2.63. The van der Waals surface area contributed by atoms with Crippen molar-refractivity contribution in [2.75, 3.05) is 20.1 Å². The first-order chi connectivity index (χ1) is 13.1. The number of rotatable bonds is 6. The van der Waals surface area contributed by atoms with Gasteiger partial charge in [-0.25, -0.2) is 4.98 Å². The number of halogens is 1. The Morgan fingerprint density at radius 3 is 2.36 bits per heavy atom. The molecule has 1 aliphatic heterocycles. The molecule has 0 unspecified atom stereocenters. The maximum Gasteiger partial charge on any atom is 0.191 e. The monoisotopic (exact) mass is 497 g/mol. The van der Waals surface area contributed by atoms with Crippen molar-refractivity contribution in [3.8, 4) is 0 Å². The van der Waals surface area contributed by atoms with Gasteiger partial charge in [0.25, 0.3) is 0 Å². The summed E-state index contributed by atoms with van der Waals surface area (Å²) in [6.07, 6.45) is 4.20. The van der Waals surface area contributed by atoms with E-state index in [1.54, 1.807) is 18.1 Å². The summed E-state index contributed by atoms with van der Waals surface area (Å²) in [6.45, 7) is 7.18. The molecule has 1 aromatic heterocycles. The van der Waals surface area contributed by atoms with Crippen LogP contribution in [0.3, 0.4) is 0 Å². The van der Waals surface area contributed by atoms with Crippen molar-refractivity contribution >= 4 is 29.9 Å². The summed E-state index contributed by atoms with van der Waals surface area (Å²) < 4.78 is 1.75. The SMILES string of the molecule is CN=C(NCc1ccc(CN2CCC(C)CC2)cc1)NCc1ncnn1C.I. The Morgan fingerprint density at radius 1 is 1.11 bits per heavy atom. The van der Waals surface area contributed by atoms with Crippen molar-refractivity contribution in [3.63, 3.8) is 0 Å². The predicted molar refractivity (Wildman–Crippen MR) is 124 cm³/mol. The quantitative estimate of drug-likeness (QED) is 0.365. The van der Waals surface area contributed by atoms with Gasteiger partial charge in [-0.3, -0.25) is 14.6 Å². The van der Waals surface area contributed by atoms with Crippen LogP contribution in [0.1, 0.15) is 36.7 Å². The highest BCUT2D eigenvalue weighted by molar-refractivity contribution is 14.0. The van der Waals surface area contributed by atoms with Gasteiger partial charge in [0.05, 0.1) is 6.54 Å². The summed E-state index contributed by atoms with van der Waals surface area (Å²) in [5.74, 6) is 2.50. The number of hydrogen-bond acceptors (Lipinski definition) is 4. The fourth-order valence-electron chi connectivity index (χ4n) is 3.29. The molecule has 1 fully saturated rings. The Bertz CT molecular complexity index is 733. The van der Waals surface area contributed by atoms with Gasteiger partial charge in [0.15, 0.2) is 5.96 Å². The number of guanidine groups is 1. The van der Waals surface area contributed by atoms with E-state index in [0.717, 1.165) is 30.8 Å². The number of hydrogen-bond donors (Lipinski definition) is 2. The van der Waals surface area contributed by atoms with E-state index in [2.05, 4.69) is 61.8 Å². The van der Waals surface area contributed by atoms with Crippen LogP contribution in [0.25, 0.3) is 0 Å². The van der Waals surface area contributed by atoms with E-state index in [4.69, 9.17) is 0 Å². The first-order valence-corrected chi connectivity index (χ1v) is 9.71. The minimum Gasteiger partial charge on any atom is -0.352 e. The molecule has 3 rings (SSSR count). The summed E-state index contributed by atoms with van der Waals surface area (Å²) in [7, 11) is 3.65. The largest absolute Gasteiger partial charge is 0.352 e. The van der Waals surface area contributed by atoms with E-state index in [9.17, 15) is 0 Å². The Balaban J connectivity index is 0.00000280. The highest BCUT2D eigenvalue weighted by Crippen LogP contribution is 2.18. The van der Waals surface area contributed by atoms with Crippen molar-refractivity contribution in [2.45, 2.75) is 39.4 Å². The van der Waals surface area contributed by atoms with Gasteiger partial charge in [-0.2, -0.15) is 5.10 Å². The lowest BCUT2D eigenvalue weighted by molar-refractivity contribution is 0.185. The van der Waals surface area contributed by atoms with Gasteiger partial charge in [-0.05, 0) is 43.0 Å². The minimum atomic E-state index is 0. The van der Waals surface area contributed by atoms with Crippen LogP contribution in [-0.4, -0.2) is 45.8 Å². The fraction of sp³-hybridized carbons (Fsp3) is 0.550. The normalized spacial score (nSPS) is 15.9. The molecule has 154 valence electrons. The van der Waals surface area contributed by atoms with Gasteiger partial charge in [0, 0.05) is 27.2 Å². The third kappa shape index (κ3) is 6.73. The van der Waals surface area contributed by atoms with Crippen LogP contribution < -0.4 is 10.6 Å². The average molecular weight is 497 g/mol. The Morgan fingerprint density at radius 2 is 1.75 bits per heavy atom. The second-order valence-corrected chi connectivity index (χ2v) is 7.35. The molecule has 0 radical (unpaired) electrons. The molecular weight excluding hydrogens is 465 g/mol. The summed E-state index contributed by atoms with van der Waals surface area (Å²) >= 11 is 0. The molecular formula is C20H32IN7. The van der Waals surface area contributed by atoms with Gasteiger partial charge >= 0.3 is 0 Å². The van der Waals surface area contributed by atoms with Gasteiger partial charge in [-0.1, -0.05) is 31.2 Å². The molecule has 0 spiro atoms. The number of aliphatic imine (C=N–C) groups is 1. The Hall–Kier alpha value is -1.68. The first kappa shape index (κ1) is 22.6. The molecule has 1 aromatic carbocycles. The minimum absolute atomic E-state index is 0. The molecule has 1 aliphatic rings. The summed E-state index contributed by atoms with van der Waals surface area (Å²) in [4.78, 5) is 11.0. The molecule has 8 heteroatoms. The first-order valence-electron chi connectivity index (χ1n) is 9.71. The second-order valence-electron chi connectivity index (χ2n) is 7.35. The molecule has 0 aliphatic carbocycles. The van der Waals surface area contributed by atoms with E-state index in [1.165, 1.54) is 37.1 Å². The smallest absolute Gasteiger partial charge is 0.191 e. The molecule has 2 heterocycles. The standard InChI is InChI=1S/C20H31N7.HI/c1-16-8-10-27(11-9-16)14-18-6-4-17(5-7-18)12-22-20(21-2)23-13-19-24-15-25-26(19)3;/h4-7,15-16H,8-14H2,1-3H3,(H2,21,22,23);1H. The number of nitrogens with zero attached hydrogens (tertiary/aromatic N) is 5. The van der Waals surface area contributed by atoms with E-state index < -0.39 is 0 Å². The number of aryl methyl sites for hydroxylation is 1. The van der Waals surface area contributed by atoms with E-state index in [-0.39, 0.29) is 24.0 Å². The molecule has 1 saturated heterocycles. The summed E-state index contributed by atoms with van der Waals surface area (Å²) in [6, 6.07) is 8.88. The van der Waals surface area contributed by atoms with Crippen LogP contribution in [0, 0.1) is 5.92 Å². The van der Waals surface area contributed by atoms with Crippen LogP contribution in [0.2, 0.25) is 0 Å². The van der Waals surface area contributed by atoms with Crippen LogP contribution >= 0.6 is 24.0 Å². The summed E-state index contributed by atoms with van der Waals surface area (Å²) in [5, 5.41) is 10.7. The van der Waals surface area contributed by atoms with E-state index in [0.29, 0.717) is 6.54 Å². The molecule has 0 amide bonds. The van der Waals surface area contributed by atoms with Crippen molar-refractivity contribution in [3.05, 3.63) is 47.5 Å². The van der Waals surface area contributed by atoms with E-state index >= 15 is 0 Å². The van der Waals surface area contributed by atoms with Crippen molar-refractivity contribution < 1.29 is 0 Å². The number of benzene rings is 1. The molecule has 2 N–H and O–H groups in total.